The molecule has 1 heterocycles. The molecule has 0 aliphatic rings. The molecule has 19 heavy (non-hydrogen) atoms. The van der Waals surface area contributed by atoms with Crippen molar-refractivity contribution in [1.29, 1.82) is 0 Å². The molecule has 0 amide bonds. The van der Waals surface area contributed by atoms with Gasteiger partial charge in [-0.1, -0.05) is 12.1 Å². The fourth-order valence-corrected chi connectivity index (χ4v) is 1.72. The van der Waals surface area contributed by atoms with E-state index in [2.05, 4.69) is 4.98 Å². The fraction of sp³-hybridized carbons (Fsp3) is 0.250. The third kappa shape index (κ3) is 2.60. The van der Waals surface area contributed by atoms with Gasteiger partial charge in [0.05, 0.1) is 0 Å². The van der Waals surface area contributed by atoms with Crippen LogP contribution < -0.4 is 5.73 Å². The van der Waals surface area contributed by atoms with Crippen LogP contribution in [0.15, 0.2) is 24.4 Å². The normalized spacial score (nSPS) is 11.9. The third-order valence-electron chi connectivity index (χ3n) is 2.70. The fourth-order valence-electron chi connectivity index (χ4n) is 1.72. The molecule has 0 saturated carbocycles. The molecule has 7 heteroatoms. The number of nitrogens with zero attached hydrogens (tertiary/aromatic N) is 2. The van der Waals surface area contributed by atoms with Gasteiger partial charge in [0, 0.05) is 30.9 Å². The molecule has 0 bridgehead atoms. The van der Waals surface area contributed by atoms with Crippen LogP contribution in [0.4, 0.5) is 17.6 Å². The molecule has 0 radical (unpaired) electrons. The lowest BCUT2D eigenvalue weighted by atomic mass is 10.1. The largest absolute Gasteiger partial charge is 0.434 e. The highest BCUT2D eigenvalue weighted by Gasteiger charge is 2.34. The summed E-state index contributed by atoms with van der Waals surface area (Å²) in [4.78, 5) is 3.49. The maximum atomic E-state index is 13.6. The molecule has 0 aliphatic heterocycles. The van der Waals surface area contributed by atoms with Gasteiger partial charge in [-0.3, -0.25) is 0 Å². The van der Waals surface area contributed by atoms with Gasteiger partial charge < -0.3 is 10.3 Å². The van der Waals surface area contributed by atoms with Gasteiger partial charge in [-0.05, 0) is 6.07 Å². The topological polar surface area (TPSA) is 43.8 Å². The van der Waals surface area contributed by atoms with E-state index in [9.17, 15) is 17.6 Å². The van der Waals surface area contributed by atoms with Crippen molar-refractivity contribution in [1.82, 2.24) is 9.55 Å². The molecule has 0 unspecified atom stereocenters. The van der Waals surface area contributed by atoms with Gasteiger partial charge in [0.2, 0.25) is 0 Å². The Morgan fingerprint density at radius 1 is 1.32 bits per heavy atom. The summed E-state index contributed by atoms with van der Waals surface area (Å²) >= 11 is 0. The number of aryl methyl sites for hydroxylation is 1. The molecule has 2 aromatic rings. The van der Waals surface area contributed by atoms with Crippen LogP contribution in [0.2, 0.25) is 0 Å². The average Bonchev–Trinajstić information content (AvgIpc) is 2.71. The monoisotopic (exact) mass is 273 g/mol. The molecule has 102 valence electrons. The highest BCUT2D eigenvalue weighted by molar-refractivity contribution is 5.57. The molecule has 2 N–H and O–H groups in total. The van der Waals surface area contributed by atoms with Crippen LogP contribution in [0.1, 0.15) is 11.3 Å². The second kappa shape index (κ2) is 4.65. The van der Waals surface area contributed by atoms with E-state index in [1.54, 1.807) is 0 Å². The molecule has 0 atom stereocenters. The van der Waals surface area contributed by atoms with Crippen molar-refractivity contribution in [3.63, 3.8) is 0 Å². The lowest BCUT2D eigenvalue weighted by Crippen LogP contribution is -2.05. The van der Waals surface area contributed by atoms with E-state index in [0.717, 1.165) is 12.3 Å². The predicted molar refractivity (Wildman–Crippen MR) is 61.5 cm³/mol. The summed E-state index contributed by atoms with van der Waals surface area (Å²) in [5.41, 5.74) is 4.89. The number of benzene rings is 1. The molecule has 0 saturated heterocycles. The van der Waals surface area contributed by atoms with Gasteiger partial charge in [-0.25, -0.2) is 9.37 Å². The van der Waals surface area contributed by atoms with E-state index in [-0.39, 0.29) is 17.9 Å². The van der Waals surface area contributed by atoms with Gasteiger partial charge >= 0.3 is 6.18 Å². The van der Waals surface area contributed by atoms with Crippen LogP contribution in [0.25, 0.3) is 11.4 Å². The van der Waals surface area contributed by atoms with Crippen molar-refractivity contribution >= 4 is 0 Å². The summed E-state index contributed by atoms with van der Waals surface area (Å²) in [6.07, 6.45) is -3.66. The van der Waals surface area contributed by atoms with Crippen LogP contribution >= 0.6 is 0 Å². The quantitative estimate of drug-likeness (QED) is 0.855. The van der Waals surface area contributed by atoms with Crippen LogP contribution in [0, 0.1) is 5.82 Å². The average molecular weight is 273 g/mol. The zero-order chi connectivity index (χ0) is 14.2. The van der Waals surface area contributed by atoms with E-state index in [4.69, 9.17) is 5.73 Å². The molecule has 1 aromatic heterocycles. The minimum absolute atomic E-state index is 0.0283. The lowest BCUT2D eigenvalue weighted by molar-refractivity contribution is -0.140. The molecular weight excluding hydrogens is 262 g/mol. The van der Waals surface area contributed by atoms with Crippen molar-refractivity contribution < 1.29 is 17.6 Å². The molecule has 0 spiro atoms. The van der Waals surface area contributed by atoms with Gasteiger partial charge in [-0.15, -0.1) is 0 Å². The number of hydrogen-bond acceptors (Lipinski definition) is 2. The first-order valence-electron chi connectivity index (χ1n) is 5.42. The molecule has 3 nitrogen and oxygen atoms in total. The number of imidazole rings is 1. The van der Waals surface area contributed by atoms with Gasteiger partial charge in [0.15, 0.2) is 5.69 Å². The first kappa shape index (κ1) is 13.5. The summed E-state index contributed by atoms with van der Waals surface area (Å²) in [7, 11) is 1.42. The summed E-state index contributed by atoms with van der Waals surface area (Å²) in [6, 6.07) is 4.06. The highest BCUT2D eigenvalue weighted by atomic mass is 19.4. The second-order valence-corrected chi connectivity index (χ2v) is 4.07. The Bertz CT molecular complexity index is 602. The molecular formula is C12H11F4N3. The van der Waals surface area contributed by atoms with E-state index < -0.39 is 17.7 Å². The van der Waals surface area contributed by atoms with E-state index in [1.807, 2.05) is 0 Å². The minimum atomic E-state index is -4.52. The molecule has 2 rings (SSSR count). The Morgan fingerprint density at radius 3 is 2.47 bits per heavy atom. The highest BCUT2D eigenvalue weighted by Crippen LogP contribution is 2.30. The Kier molecular flexibility index (Phi) is 3.32. The van der Waals surface area contributed by atoms with Gasteiger partial charge in [0.25, 0.3) is 0 Å². The Labute approximate surface area is 106 Å². The smallest absolute Gasteiger partial charge is 0.333 e. The van der Waals surface area contributed by atoms with Crippen LogP contribution in [-0.2, 0) is 19.8 Å². The van der Waals surface area contributed by atoms with E-state index in [1.165, 1.54) is 23.7 Å². The van der Waals surface area contributed by atoms with Crippen LogP contribution in [0.5, 0.6) is 0 Å². The summed E-state index contributed by atoms with van der Waals surface area (Å²) in [6.45, 7) is 0.0283. The minimum Gasteiger partial charge on any atom is -0.333 e. The number of hydrogen-bond donors (Lipinski definition) is 1. The van der Waals surface area contributed by atoms with Crippen molar-refractivity contribution in [2.75, 3.05) is 0 Å². The zero-order valence-corrected chi connectivity index (χ0v) is 10.0. The predicted octanol–water partition coefficient (Wildman–Crippen LogP) is 2.70. The first-order valence-corrected chi connectivity index (χ1v) is 5.42. The van der Waals surface area contributed by atoms with Crippen LogP contribution in [-0.4, -0.2) is 9.55 Å². The SMILES string of the molecule is Cn1cc(C(F)(F)F)nc1-c1ccc(CN)c(F)c1. The van der Waals surface area contributed by atoms with Crippen molar-refractivity contribution in [2.24, 2.45) is 12.8 Å². The number of aromatic nitrogens is 2. The maximum absolute atomic E-state index is 13.6. The van der Waals surface area contributed by atoms with Crippen molar-refractivity contribution in [3.05, 3.63) is 41.5 Å². The Hall–Kier alpha value is -1.89. The summed E-state index contributed by atoms with van der Waals surface area (Å²) < 4.78 is 52.4. The number of rotatable bonds is 2. The molecule has 1 aromatic carbocycles. The number of halogens is 4. The second-order valence-electron chi connectivity index (χ2n) is 4.07. The van der Waals surface area contributed by atoms with Crippen molar-refractivity contribution in [2.45, 2.75) is 12.7 Å². The number of nitrogens with two attached hydrogens (primary N) is 1. The standard InChI is InChI=1S/C12H11F4N3/c1-19-6-10(12(14,15)16)18-11(19)7-2-3-8(5-17)9(13)4-7/h2-4,6H,5,17H2,1H3. The van der Waals surface area contributed by atoms with Crippen LogP contribution in [0.3, 0.4) is 0 Å². The zero-order valence-electron chi connectivity index (χ0n) is 10.0. The van der Waals surface area contributed by atoms with Crippen molar-refractivity contribution in [3.8, 4) is 11.4 Å². The van der Waals surface area contributed by atoms with E-state index in [0.29, 0.717) is 5.56 Å². The van der Waals surface area contributed by atoms with E-state index >= 15 is 0 Å². The summed E-state index contributed by atoms with van der Waals surface area (Å²) in [5, 5.41) is 0. The Morgan fingerprint density at radius 2 is 2.00 bits per heavy atom. The van der Waals surface area contributed by atoms with Gasteiger partial charge in [-0.2, -0.15) is 13.2 Å². The first-order chi connectivity index (χ1) is 8.82. The Balaban J connectivity index is 2.48. The molecule has 0 aliphatic carbocycles. The summed E-state index contributed by atoms with van der Waals surface area (Å²) in [5.74, 6) is -0.508. The van der Waals surface area contributed by atoms with Gasteiger partial charge in [0.1, 0.15) is 11.6 Å². The number of alkyl halides is 3. The maximum Gasteiger partial charge on any atom is 0.434 e. The third-order valence-corrected chi connectivity index (χ3v) is 2.70. The molecule has 0 fully saturated rings. The lowest BCUT2D eigenvalue weighted by Gasteiger charge is -2.04.